The molecule has 0 radical (unpaired) electrons. The Balaban J connectivity index is 2.38. The molecule has 0 unspecified atom stereocenters. The van der Waals surface area contributed by atoms with Crippen LogP contribution in [0.1, 0.15) is 12.5 Å². The van der Waals surface area contributed by atoms with Crippen molar-refractivity contribution in [3.05, 3.63) is 29.8 Å². The number of nitrogens with one attached hydrogen (secondary N) is 2. The Morgan fingerprint density at radius 1 is 1.29 bits per heavy atom. The van der Waals surface area contributed by atoms with Crippen molar-refractivity contribution in [2.24, 2.45) is 0 Å². The Bertz CT molecular complexity index is 371. The third-order valence-electron chi connectivity index (χ3n) is 2.32. The van der Waals surface area contributed by atoms with Crippen molar-refractivity contribution >= 4 is 18.5 Å². The molecule has 0 aliphatic heterocycles. The van der Waals surface area contributed by atoms with Gasteiger partial charge in [-0.25, -0.2) is 0 Å². The van der Waals surface area contributed by atoms with E-state index < -0.39 is 7.12 Å². The molecule has 0 aromatic heterocycles. The summed E-state index contributed by atoms with van der Waals surface area (Å²) >= 11 is 0. The number of rotatable bonds is 6. The van der Waals surface area contributed by atoms with Gasteiger partial charge < -0.3 is 20.7 Å². The lowest BCUT2D eigenvalue weighted by atomic mass is 9.77. The number of amides is 1. The highest BCUT2D eigenvalue weighted by atomic mass is 16.4. The van der Waals surface area contributed by atoms with Crippen LogP contribution in [0, 0.1) is 0 Å². The van der Waals surface area contributed by atoms with E-state index in [9.17, 15) is 4.79 Å². The number of carbonyl (C=O) groups is 1. The molecule has 6 heteroatoms. The molecule has 5 nitrogen and oxygen atoms in total. The summed E-state index contributed by atoms with van der Waals surface area (Å²) in [6, 6.07) is 7.11. The molecule has 4 N–H and O–H groups in total. The predicted octanol–water partition coefficient (Wildman–Crippen LogP) is -1.41. The smallest absolute Gasteiger partial charge is 0.423 e. The van der Waals surface area contributed by atoms with Gasteiger partial charge in [0.2, 0.25) is 5.91 Å². The number of benzene rings is 1. The zero-order valence-electron chi connectivity index (χ0n) is 9.81. The first-order valence-corrected chi connectivity index (χ1v) is 5.50. The second-order valence-corrected chi connectivity index (χ2v) is 3.73. The largest absolute Gasteiger partial charge is 0.488 e. The third kappa shape index (κ3) is 4.99. The number of hydrogen-bond donors (Lipinski definition) is 4. The highest BCUT2D eigenvalue weighted by Gasteiger charge is 2.14. The van der Waals surface area contributed by atoms with Gasteiger partial charge in [-0.2, -0.15) is 0 Å². The van der Waals surface area contributed by atoms with Crippen LogP contribution in [0.3, 0.4) is 0 Å². The summed E-state index contributed by atoms with van der Waals surface area (Å²) < 4.78 is 0. The Morgan fingerprint density at radius 3 is 2.65 bits per heavy atom. The zero-order valence-corrected chi connectivity index (χ0v) is 9.81. The van der Waals surface area contributed by atoms with Crippen LogP contribution in [-0.2, 0) is 11.3 Å². The van der Waals surface area contributed by atoms with Crippen molar-refractivity contribution in [2.45, 2.75) is 13.5 Å². The van der Waals surface area contributed by atoms with Crippen molar-refractivity contribution in [3.63, 3.8) is 0 Å². The first kappa shape index (κ1) is 13.7. The van der Waals surface area contributed by atoms with E-state index in [4.69, 9.17) is 10.0 Å². The molecule has 17 heavy (non-hydrogen) atoms. The SMILES string of the molecule is CC(=O)NCCNCc1ccccc1B(O)O. The lowest BCUT2D eigenvalue weighted by Crippen LogP contribution is -2.36. The normalized spacial score (nSPS) is 10.1. The highest BCUT2D eigenvalue weighted by molar-refractivity contribution is 6.59. The molecule has 0 aliphatic rings. The average Bonchev–Trinajstić information content (AvgIpc) is 2.28. The summed E-state index contributed by atoms with van der Waals surface area (Å²) in [6.07, 6.45) is 0. The number of carbonyl (C=O) groups excluding carboxylic acids is 1. The van der Waals surface area contributed by atoms with Crippen LogP contribution in [0.2, 0.25) is 0 Å². The van der Waals surface area contributed by atoms with E-state index in [1.54, 1.807) is 12.1 Å². The monoisotopic (exact) mass is 236 g/mol. The van der Waals surface area contributed by atoms with Gasteiger partial charge in [-0.3, -0.25) is 4.79 Å². The Labute approximate surface area is 101 Å². The first-order chi connectivity index (χ1) is 8.11. The molecule has 1 rings (SSSR count). The van der Waals surface area contributed by atoms with Gasteiger partial charge in [0.15, 0.2) is 0 Å². The standard InChI is InChI=1S/C11H17BN2O3/c1-9(15)14-7-6-13-8-10-4-2-3-5-11(10)12(16)17/h2-5,13,16-17H,6-8H2,1H3,(H,14,15). The van der Waals surface area contributed by atoms with Crippen LogP contribution in [0.4, 0.5) is 0 Å². The fraction of sp³-hybridized carbons (Fsp3) is 0.364. The Hall–Kier alpha value is -1.37. The summed E-state index contributed by atoms with van der Waals surface area (Å²) in [5.41, 5.74) is 1.34. The molecule has 0 aliphatic carbocycles. The van der Waals surface area contributed by atoms with E-state index in [-0.39, 0.29) is 5.91 Å². The molecule has 0 bridgehead atoms. The third-order valence-corrected chi connectivity index (χ3v) is 2.32. The van der Waals surface area contributed by atoms with Gasteiger partial charge in [-0.05, 0) is 11.0 Å². The van der Waals surface area contributed by atoms with Crippen LogP contribution in [0.25, 0.3) is 0 Å². The van der Waals surface area contributed by atoms with Gasteiger partial charge in [-0.15, -0.1) is 0 Å². The van der Waals surface area contributed by atoms with Gasteiger partial charge >= 0.3 is 7.12 Å². The van der Waals surface area contributed by atoms with Gasteiger partial charge in [0.25, 0.3) is 0 Å². The van der Waals surface area contributed by atoms with Gasteiger partial charge in [0, 0.05) is 26.6 Å². The number of hydrogen-bond acceptors (Lipinski definition) is 4. The minimum Gasteiger partial charge on any atom is -0.423 e. The van der Waals surface area contributed by atoms with Crippen LogP contribution in [0.5, 0.6) is 0 Å². The minimum atomic E-state index is -1.46. The maximum atomic E-state index is 10.6. The highest BCUT2D eigenvalue weighted by Crippen LogP contribution is 1.96. The van der Waals surface area contributed by atoms with Crippen molar-refractivity contribution in [1.29, 1.82) is 0 Å². The molecule has 1 aromatic carbocycles. The first-order valence-electron chi connectivity index (χ1n) is 5.50. The summed E-state index contributed by atoms with van der Waals surface area (Å²) in [5.74, 6) is -0.0574. The van der Waals surface area contributed by atoms with Crippen LogP contribution < -0.4 is 16.1 Å². The molecule has 0 saturated carbocycles. The molecule has 0 atom stereocenters. The van der Waals surface area contributed by atoms with Gasteiger partial charge in [0.05, 0.1) is 0 Å². The summed E-state index contributed by atoms with van der Waals surface area (Å²) in [7, 11) is -1.46. The second kappa shape index (κ2) is 7.06. The maximum Gasteiger partial charge on any atom is 0.488 e. The van der Waals surface area contributed by atoms with Crippen molar-refractivity contribution in [1.82, 2.24) is 10.6 Å². The average molecular weight is 236 g/mol. The van der Waals surface area contributed by atoms with E-state index in [1.165, 1.54) is 6.92 Å². The molecule has 92 valence electrons. The van der Waals surface area contributed by atoms with E-state index in [1.807, 2.05) is 12.1 Å². The Morgan fingerprint density at radius 2 is 2.00 bits per heavy atom. The maximum absolute atomic E-state index is 10.6. The predicted molar refractivity (Wildman–Crippen MR) is 66.7 cm³/mol. The van der Waals surface area contributed by atoms with Crippen molar-refractivity contribution in [3.8, 4) is 0 Å². The van der Waals surface area contributed by atoms with E-state index in [2.05, 4.69) is 10.6 Å². The molecule has 1 aromatic rings. The van der Waals surface area contributed by atoms with Crippen molar-refractivity contribution < 1.29 is 14.8 Å². The molecular weight excluding hydrogens is 219 g/mol. The van der Waals surface area contributed by atoms with Crippen LogP contribution >= 0.6 is 0 Å². The lowest BCUT2D eigenvalue weighted by molar-refractivity contribution is -0.118. The fourth-order valence-electron chi connectivity index (χ4n) is 1.50. The van der Waals surface area contributed by atoms with E-state index >= 15 is 0 Å². The topological polar surface area (TPSA) is 81.6 Å². The van der Waals surface area contributed by atoms with Gasteiger partial charge in [0.1, 0.15) is 0 Å². The molecule has 0 spiro atoms. The van der Waals surface area contributed by atoms with E-state index in [0.29, 0.717) is 25.1 Å². The summed E-state index contributed by atoms with van der Waals surface area (Å²) in [6.45, 7) is 3.19. The molecular formula is C11H17BN2O3. The molecule has 0 saturated heterocycles. The molecule has 0 fully saturated rings. The van der Waals surface area contributed by atoms with Crippen LogP contribution in [0.15, 0.2) is 24.3 Å². The molecule has 0 heterocycles. The summed E-state index contributed by atoms with van der Waals surface area (Å²) in [5, 5.41) is 24.1. The Kier molecular flexibility index (Phi) is 5.69. The van der Waals surface area contributed by atoms with E-state index in [0.717, 1.165) is 5.56 Å². The lowest BCUT2D eigenvalue weighted by Gasteiger charge is -2.10. The van der Waals surface area contributed by atoms with Crippen molar-refractivity contribution in [2.75, 3.05) is 13.1 Å². The van der Waals surface area contributed by atoms with Gasteiger partial charge in [-0.1, -0.05) is 24.3 Å². The fourth-order valence-corrected chi connectivity index (χ4v) is 1.50. The minimum absolute atomic E-state index is 0.0574. The zero-order chi connectivity index (χ0) is 12.7. The summed E-state index contributed by atoms with van der Waals surface area (Å²) in [4.78, 5) is 10.6. The molecule has 1 amide bonds. The quantitative estimate of drug-likeness (QED) is 0.361. The second-order valence-electron chi connectivity index (χ2n) is 3.73. The van der Waals surface area contributed by atoms with Crippen LogP contribution in [-0.4, -0.2) is 36.2 Å².